The summed E-state index contributed by atoms with van der Waals surface area (Å²) in [5.74, 6) is 1.04. The van der Waals surface area contributed by atoms with Gasteiger partial charge in [-0.2, -0.15) is 14.7 Å². The van der Waals surface area contributed by atoms with Crippen LogP contribution in [0, 0.1) is 0 Å². The van der Waals surface area contributed by atoms with Crippen molar-refractivity contribution in [1.82, 2.24) is 34.3 Å². The molecule has 0 spiro atoms. The monoisotopic (exact) mass is 876 g/mol. The predicted molar refractivity (Wildman–Crippen MR) is 249 cm³/mol. The van der Waals surface area contributed by atoms with Crippen molar-refractivity contribution >= 4 is 41.8 Å². The van der Waals surface area contributed by atoms with E-state index < -0.39 is 29.8 Å². The van der Waals surface area contributed by atoms with E-state index >= 15 is 0 Å². The Morgan fingerprint density at radius 3 is 1.95 bits per heavy atom. The Hall–Kier alpha value is -3.42. The van der Waals surface area contributed by atoms with Crippen molar-refractivity contribution in [3.63, 3.8) is 0 Å². The number of rotatable bonds is 19. The number of hydrogen-bond acceptors (Lipinski definition) is 10. The summed E-state index contributed by atoms with van der Waals surface area (Å²) < 4.78 is 28.4. The molecule has 2 atom stereocenters. The zero-order chi connectivity index (χ0) is 43.5. The maximum atomic E-state index is 13.4. The van der Waals surface area contributed by atoms with Crippen LogP contribution in [0.3, 0.4) is 0 Å². The van der Waals surface area contributed by atoms with Crippen molar-refractivity contribution < 1.29 is 23.7 Å². The summed E-state index contributed by atoms with van der Waals surface area (Å²) in [6.45, 7) is 30.4. The van der Waals surface area contributed by atoms with Crippen LogP contribution in [0.2, 0.25) is 77.1 Å². The van der Waals surface area contributed by atoms with Crippen molar-refractivity contribution in [2.24, 2.45) is 0 Å². The lowest BCUT2D eigenvalue weighted by atomic mass is 9.88. The van der Waals surface area contributed by atoms with Gasteiger partial charge in [-0.15, -0.1) is 0 Å². The van der Waals surface area contributed by atoms with Gasteiger partial charge in [-0.05, 0) is 76.7 Å². The summed E-state index contributed by atoms with van der Waals surface area (Å²) in [7, 11) is -3.74. The Balaban J connectivity index is 1.31. The van der Waals surface area contributed by atoms with E-state index in [0.717, 1.165) is 90.1 Å². The number of piperidine rings is 1. The molecule has 2 bridgehead atoms. The minimum atomic E-state index is -1.29. The van der Waals surface area contributed by atoms with Crippen LogP contribution < -0.4 is 4.90 Å². The van der Waals surface area contributed by atoms with Crippen LogP contribution in [0.25, 0.3) is 28.2 Å². The Kier molecular flexibility index (Phi) is 14.5. The first-order valence-electron chi connectivity index (χ1n) is 22.0. The molecule has 4 aromatic rings. The predicted octanol–water partition coefficient (Wildman–Crippen LogP) is 10.0. The highest BCUT2D eigenvalue weighted by Gasteiger charge is 2.45. The second-order valence-electron chi connectivity index (χ2n) is 21.5. The van der Waals surface area contributed by atoms with Crippen molar-refractivity contribution in [1.29, 1.82) is 0 Å². The molecule has 6 rings (SSSR count). The molecule has 0 radical (unpaired) electrons. The molecule has 2 aliphatic heterocycles. The van der Waals surface area contributed by atoms with Gasteiger partial charge in [0.15, 0.2) is 5.65 Å². The molecule has 0 aliphatic carbocycles. The molecule has 0 N–H and O–H groups in total. The highest BCUT2D eigenvalue weighted by Crippen LogP contribution is 2.44. The summed E-state index contributed by atoms with van der Waals surface area (Å²) in [6, 6.07) is 11.8. The van der Waals surface area contributed by atoms with Gasteiger partial charge in [-0.25, -0.2) is 14.5 Å². The van der Waals surface area contributed by atoms with Crippen LogP contribution in [0.5, 0.6) is 0 Å². The normalized spacial score (nSPS) is 18.7. The SMILES string of the molecule is CC(C)(C)OC(=O)N1C2CCC1CC(c1cc(N(COCC[Si](C)(C)C)COCC[Si](C)(C)C)n3ncc(-c4ccc(-c5ccn(COCC[Si](C)(C)C)n5)nc4)c3n1)C2. The Labute approximate surface area is 361 Å². The van der Waals surface area contributed by atoms with Crippen LogP contribution in [-0.4, -0.2) is 116 Å². The van der Waals surface area contributed by atoms with Gasteiger partial charge in [0.2, 0.25) is 0 Å². The van der Waals surface area contributed by atoms with E-state index in [9.17, 15) is 4.79 Å². The zero-order valence-corrected chi connectivity index (χ0v) is 41.6. The Bertz CT molecular complexity index is 1990. The fourth-order valence-corrected chi connectivity index (χ4v) is 9.99. The fraction of sp³-hybridized carbons (Fsp3) is 0.659. The molecule has 1 amide bonds. The van der Waals surface area contributed by atoms with Crippen molar-refractivity contribution in [3.05, 3.63) is 48.5 Å². The van der Waals surface area contributed by atoms with Crippen LogP contribution in [-0.2, 0) is 25.7 Å². The number of fused-ring (bicyclic) bond motifs is 3. The lowest BCUT2D eigenvalue weighted by molar-refractivity contribution is 0.00568. The zero-order valence-electron chi connectivity index (χ0n) is 38.6. The molecular formula is C44H72N8O5Si3. The molecule has 6 heterocycles. The summed E-state index contributed by atoms with van der Waals surface area (Å²) in [5, 5.41) is 9.72. The molecule has 2 unspecified atom stereocenters. The maximum Gasteiger partial charge on any atom is 0.410 e. The van der Waals surface area contributed by atoms with E-state index in [4.69, 9.17) is 39.1 Å². The van der Waals surface area contributed by atoms with Crippen LogP contribution in [0.1, 0.15) is 58.1 Å². The number of hydrogen-bond donors (Lipinski definition) is 0. The van der Waals surface area contributed by atoms with Crippen molar-refractivity contribution in [2.45, 2.75) is 154 Å². The molecule has 16 heteroatoms. The first kappa shape index (κ1) is 46.1. The average molecular weight is 877 g/mol. The number of aromatic nitrogens is 6. The van der Waals surface area contributed by atoms with Crippen molar-refractivity contribution in [2.75, 3.05) is 38.2 Å². The summed E-state index contributed by atoms with van der Waals surface area (Å²) in [5.41, 5.74) is 4.61. The molecular weight excluding hydrogens is 805 g/mol. The van der Waals surface area contributed by atoms with Gasteiger partial charge in [-0.3, -0.25) is 4.98 Å². The third kappa shape index (κ3) is 12.8. The lowest BCUT2D eigenvalue weighted by Gasteiger charge is -2.39. The Morgan fingerprint density at radius 1 is 0.800 bits per heavy atom. The van der Waals surface area contributed by atoms with Gasteiger partial charge >= 0.3 is 6.09 Å². The molecule has 60 heavy (non-hydrogen) atoms. The number of ether oxygens (including phenoxy) is 4. The average Bonchev–Trinajstić information content (AvgIpc) is 3.86. The van der Waals surface area contributed by atoms with Crippen LogP contribution in [0.15, 0.2) is 42.9 Å². The fourth-order valence-electron chi connectivity index (χ4n) is 7.72. The van der Waals surface area contributed by atoms with Gasteiger partial charge in [-0.1, -0.05) is 65.0 Å². The summed E-state index contributed by atoms with van der Waals surface area (Å²) in [4.78, 5) is 27.9. The van der Waals surface area contributed by atoms with Gasteiger partial charge in [0, 0.05) is 97.3 Å². The Morgan fingerprint density at radius 2 is 1.40 bits per heavy atom. The standard InChI is InChI=1S/C44H72N8O5Si3/c1-44(2,3)57-43(53)51-35-14-15-36(51)26-34(25-35)40-27-41(49(30-54-19-22-58(4,5)6)31-55-20-23-59(7,8)9)52-42(47-40)37(29-46-52)33-13-16-38(45-28-33)39-17-18-50(48-39)32-56-21-24-60(10,11)12/h13,16-18,27-29,34-36H,14-15,19-26,30-32H2,1-12H3. The number of anilines is 1. The van der Waals surface area contributed by atoms with E-state index in [-0.39, 0.29) is 24.1 Å². The second kappa shape index (κ2) is 18.9. The largest absolute Gasteiger partial charge is 0.444 e. The van der Waals surface area contributed by atoms with E-state index in [1.807, 2.05) is 65.6 Å². The molecule has 2 fully saturated rings. The van der Waals surface area contributed by atoms with E-state index in [0.29, 0.717) is 33.4 Å². The third-order valence-corrected chi connectivity index (χ3v) is 16.3. The molecule has 4 aromatic heterocycles. The molecule has 0 saturated carbocycles. The van der Waals surface area contributed by atoms with Crippen LogP contribution in [0.4, 0.5) is 10.6 Å². The van der Waals surface area contributed by atoms with Crippen LogP contribution >= 0.6 is 0 Å². The molecule has 13 nitrogen and oxygen atoms in total. The molecule has 2 saturated heterocycles. The van der Waals surface area contributed by atoms with E-state index in [1.165, 1.54) is 0 Å². The number of amides is 1. The third-order valence-electron chi connectivity index (χ3n) is 11.2. The number of nitrogens with zero attached hydrogens (tertiary/aromatic N) is 8. The van der Waals surface area contributed by atoms with Gasteiger partial charge in [0.05, 0.1) is 11.9 Å². The molecule has 330 valence electrons. The van der Waals surface area contributed by atoms with Crippen molar-refractivity contribution in [3.8, 4) is 22.5 Å². The number of pyridine rings is 1. The summed E-state index contributed by atoms with van der Waals surface area (Å²) in [6.07, 6.45) is 9.11. The minimum Gasteiger partial charge on any atom is -0.444 e. The minimum absolute atomic E-state index is 0.109. The van der Waals surface area contributed by atoms with E-state index in [1.54, 1.807) is 0 Å². The number of carbonyl (C=O) groups is 1. The van der Waals surface area contributed by atoms with E-state index in [2.05, 4.69) is 76.0 Å². The van der Waals surface area contributed by atoms with Gasteiger partial charge < -0.3 is 28.7 Å². The maximum absolute atomic E-state index is 13.4. The highest BCUT2D eigenvalue weighted by molar-refractivity contribution is 6.76. The first-order valence-corrected chi connectivity index (χ1v) is 33.1. The molecule has 2 aliphatic rings. The second-order valence-corrected chi connectivity index (χ2v) is 38.4. The van der Waals surface area contributed by atoms with Gasteiger partial charge in [0.25, 0.3) is 0 Å². The smallest absolute Gasteiger partial charge is 0.410 e. The highest BCUT2D eigenvalue weighted by atomic mass is 28.3. The van der Waals surface area contributed by atoms with Gasteiger partial charge in [0.1, 0.15) is 37.3 Å². The quantitative estimate of drug-likeness (QED) is 0.0511. The summed E-state index contributed by atoms with van der Waals surface area (Å²) >= 11 is 0. The first-order chi connectivity index (χ1) is 28.1. The number of carbonyl (C=O) groups excluding carboxylic acids is 1. The molecule has 0 aromatic carbocycles. The lowest BCUT2D eigenvalue weighted by Crippen LogP contribution is -2.48. The topological polar surface area (TPSA) is 121 Å².